The third kappa shape index (κ3) is 3.12. The van der Waals surface area contributed by atoms with Crippen molar-refractivity contribution in [2.24, 2.45) is 0 Å². The minimum absolute atomic E-state index is 0.299. The molecule has 1 heterocycles. The molecule has 0 saturated carbocycles. The van der Waals surface area contributed by atoms with Crippen LogP contribution in [0.15, 0.2) is 28.7 Å². The Kier molecular flexibility index (Phi) is 4.52. The van der Waals surface area contributed by atoms with Crippen LogP contribution in [0.2, 0.25) is 0 Å². The van der Waals surface area contributed by atoms with Crippen molar-refractivity contribution in [3.8, 4) is 0 Å². The first-order valence-electron chi connectivity index (χ1n) is 6.26. The lowest BCUT2D eigenvalue weighted by Crippen LogP contribution is -2.25. The molecule has 0 aliphatic carbocycles. The van der Waals surface area contributed by atoms with Crippen LogP contribution in [-0.4, -0.2) is 24.6 Å². The first kappa shape index (κ1) is 14.0. The Bertz CT molecular complexity index is 531. The zero-order chi connectivity index (χ0) is 13.8. The standard InChI is InChI=1S/C14H17FO4/c1-3-17-14(18-4-2)13(16)12-8-9-7-10(15)5-6-11(9)19-12/h5-8,13-14,16H,3-4H2,1-2H3. The summed E-state index contributed by atoms with van der Waals surface area (Å²) in [5, 5.41) is 10.8. The number of fused-ring (bicyclic) bond motifs is 1. The molecule has 0 radical (unpaired) electrons. The van der Waals surface area contributed by atoms with Gasteiger partial charge in [0.1, 0.15) is 17.2 Å². The fourth-order valence-electron chi connectivity index (χ4n) is 1.87. The molecule has 1 atom stereocenters. The van der Waals surface area contributed by atoms with Gasteiger partial charge in [-0.2, -0.15) is 0 Å². The number of ether oxygens (including phenoxy) is 2. The van der Waals surface area contributed by atoms with Crippen LogP contribution in [0, 0.1) is 5.82 Å². The van der Waals surface area contributed by atoms with Gasteiger partial charge in [0.25, 0.3) is 0 Å². The van der Waals surface area contributed by atoms with Crippen molar-refractivity contribution in [2.45, 2.75) is 26.2 Å². The number of aliphatic hydroxyl groups excluding tert-OH is 1. The van der Waals surface area contributed by atoms with Crippen molar-refractivity contribution in [1.29, 1.82) is 0 Å². The Hall–Kier alpha value is -1.43. The number of benzene rings is 1. The van der Waals surface area contributed by atoms with Gasteiger partial charge in [0, 0.05) is 18.6 Å². The van der Waals surface area contributed by atoms with E-state index in [1.807, 2.05) is 13.8 Å². The predicted molar refractivity (Wildman–Crippen MR) is 68.2 cm³/mol. The molecule has 4 nitrogen and oxygen atoms in total. The Labute approximate surface area is 110 Å². The van der Waals surface area contributed by atoms with Gasteiger partial charge in [0.2, 0.25) is 0 Å². The van der Waals surface area contributed by atoms with Crippen molar-refractivity contribution in [2.75, 3.05) is 13.2 Å². The predicted octanol–water partition coefficient (Wildman–Crippen LogP) is 3.00. The Morgan fingerprint density at radius 3 is 2.53 bits per heavy atom. The van der Waals surface area contributed by atoms with Crippen molar-refractivity contribution in [3.63, 3.8) is 0 Å². The quantitative estimate of drug-likeness (QED) is 0.818. The number of rotatable bonds is 6. The zero-order valence-corrected chi connectivity index (χ0v) is 10.9. The van der Waals surface area contributed by atoms with E-state index < -0.39 is 12.4 Å². The average molecular weight is 268 g/mol. The van der Waals surface area contributed by atoms with E-state index in [1.54, 1.807) is 6.07 Å². The summed E-state index contributed by atoms with van der Waals surface area (Å²) in [7, 11) is 0. The van der Waals surface area contributed by atoms with Crippen LogP contribution in [0.1, 0.15) is 25.7 Å². The Morgan fingerprint density at radius 1 is 1.21 bits per heavy atom. The van der Waals surface area contributed by atoms with E-state index in [-0.39, 0.29) is 5.82 Å². The first-order chi connectivity index (χ1) is 9.15. The van der Waals surface area contributed by atoms with Crippen LogP contribution in [0.25, 0.3) is 11.0 Å². The van der Waals surface area contributed by atoms with Gasteiger partial charge in [-0.25, -0.2) is 4.39 Å². The van der Waals surface area contributed by atoms with E-state index >= 15 is 0 Å². The summed E-state index contributed by atoms with van der Waals surface area (Å²) in [6, 6.07) is 5.78. The van der Waals surface area contributed by atoms with Crippen molar-refractivity contribution in [3.05, 3.63) is 35.8 Å². The monoisotopic (exact) mass is 268 g/mol. The molecule has 0 aliphatic heterocycles. The molecule has 1 N–H and O–H groups in total. The lowest BCUT2D eigenvalue weighted by atomic mass is 10.2. The summed E-state index contributed by atoms with van der Waals surface area (Å²) < 4.78 is 29.2. The molecular weight excluding hydrogens is 251 g/mol. The Balaban J connectivity index is 2.26. The van der Waals surface area contributed by atoms with Gasteiger partial charge < -0.3 is 19.0 Å². The largest absolute Gasteiger partial charge is 0.458 e. The van der Waals surface area contributed by atoms with Crippen LogP contribution >= 0.6 is 0 Å². The molecule has 1 aromatic carbocycles. The van der Waals surface area contributed by atoms with Crippen LogP contribution in [0.5, 0.6) is 0 Å². The Morgan fingerprint density at radius 2 is 1.89 bits per heavy atom. The average Bonchev–Trinajstić information content (AvgIpc) is 2.80. The zero-order valence-electron chi connectivity index (χ0n) is 10.9. The molecule has 0 fully saturated rings. The maximum Gasteiger partial charge on any atom is 0.190 e. The van der Waals surface area contributed by atoms with Crippen LogP contribution in [-0.2, 0) is 9.47 Å². The highest BCUT2D eigenvalue weighted by atomic mass is 19.1. The molecule has 1 aromatic heterocycles. The fraction of sp³-hybridized carbons (Fsp3) is 0.429. The number of hydrogen-bond donors (Lipinski definition) is 1. The molecule has 1 unspecified atom stereocenters. The molecule has 0 amide bonds. The van der Waals surface area contributed by atoms with E-state index in [1.165, 1.54) is 18.2 Å². The summed E-state index contributed by atoms with van der Waals surface area (Å²) in [5.74, 6) is -0.0481. The SMILES string of the molecule is CCOC(OCC)C(O)c1cc2cc(F)ccc2o1. The lowest BCUT2D eigenvalue weighted by molar-refractivity contribution is -0.195. The smallest absolute Gasteiger partial charge is 0.190 e. The summed E-state index contributed by atoms with van der Waals surface area (Å²) >= 11 is 0. The number of furan rings is 1. The van der Waals surface area contributed by atoms with Crippen LogP contribution in [0.4, 0.5) is 4.39 Å². The maximum atomic E-state index is 13.1. The molecule has 0 spiro atoms. The summed E-state index contributed by atoms with van der Waals surface area (Å²) in [5.41, 5.74) is 0.516. The van der Waals surface area contributed by atoms with Crippen molar-refractivity contribution < 1.29 is 23.4 Å². The maximum absolute atomic E-state index is 13.1. The van der Waals surface area contributed by atoms with Gasteiger partial charge >= 0.3 is 0 Å². The topological polar surface area (TPSA) is 51.8 Å². The third-order valence-corrected chi connectivity index (χ3v) is 2.71. The normalized spacial score (nSPS) is 13.3. The molecule has 5 heteroatoms. The molecule has 2 aromatic rings. The highest BCUT2D eigenvalue weighted by Gasteiger charge is 2.25. The molecule has 19 heavy (non-hydrogen) atoms. The van der Waals surface area contributed by atoms with E-state index in [4.69, 9.17) is 13.9 Å². The number of aliphatic hydroxyl groups is 1. The molecule has 104 valence electrons. The van der Waals surface area contributed by atoms with Gasteiger partial charge in [0.15, 0.2) is 12.4 Å². The second-order valence-electron chi connectivity index (χ2n) is 4.05. The van der Waals surface area contributed by atoms with Crippen molar-refractivity contribution >= 4 is 11.0 Å². The lowest BCUT2D eigenvalue weighted by Gasteiger charge is -2.20. The number of halogens is 1. The third-order valence-electron chi connectivity index (χ3n) is 2.71. The van der Waals surface area contributed by atoms with E-state index in [2.05, 4.69) is 0 Å². The van der Waals surface area contributed by atoms with Crippen LogP contribution < -0.4 is 0 Å². The minimum Gasteiger partial charge on any atom is -0.458 e. The highest BCUT2D eigenvalue weighted by molar-refractivity contribution is 5.77. The fourth-order valence-corrected chi connectivity index (χ4v) is 1.87. The van der Waals surface area contributed by atoms with E-state index in [9.17, 15) is 9.50 Å². The van der Waals surface area contributed by atoms with Gasteiger partial charge in [0.05, 0.1) is 0 Å². The van der Waals surface area contributed by atoms with E-state index in [0.29, 0.717) is 29.9 Å². The van der Waals surface area contributed by atoms with Gasteiger partial charge in [-0.05, 0) is 38.1 Å². The summed E-state index contributed by atoms with van der Waals surface area (Å²) in [6.45, 7) is 4.45. The minimum atomic E-state index is -1.05. The second-order valence-corrected chi connectivity index (χ2v) is 4.05. The molecule has 0 saturated heterocycles. The summed E-state index contributed by atoms with van der Waals surface area (Å²) in [6.07, 6.45) is -1.84. The molecule has 0 aliphatic rings. The van der Waals surface area contributed by atoms with Gasteiger partial charge in [-0.3, -0.25) is 0 Å². The summed E-state index contributed by atoms with van der Waals surface area (Å²) in [4.78, 5) is 0. The first-order valence-corrected chi connectivity index (χ1v) is 6.26. The second kappa shape index (κ2) is 6.14. The van der Waals surface area contributed by atoms with Crippen LogP contribution in [0.3, 0.4) is 0 Å². The van der Waals surface area contributed by atoms with E-state index in [0.717, 1.165) is 0 Å². The highest BCUT2D eigenvalue weighted by Crippen LogP contribution is 2.27. The van der Waals surface area contributed by atoms with Gasteiger partial charge in [-0.1, -0.05) is 0 Å². The molecule has 2 rings (SSSR count). The molecular formula is C14H17FO4. The molecule has 0 bridgehead atoms. The van der Waals surface area contributed by atoms with Gasteiger partial charge in [-0.15, -0.1) is 0 Å². The number of hydrogen-bond acceptors (Lipinski definition) is 4. The van der Waals surface area contributed by atoms with Crippen molar-refractivity contribution in [1.82, 2.24) is 0 Å².